The van der Waals surface area contributed by atoms with Crippen molar-refractivity contribution >= 4 is 17.5 Å². The summed E-state index contributed by atoms with van der Waals surface area (Å²) in [6.07, 6.45) is 0. The van der Waals surface area contributed by atoms with Gasteiger partial charge in [0.15, 0.2) is 12.6 Å². The zero-order valence-corrected chi connectivity index (χ0v) is 16.7. The monoisotopic (exact) mass is 386 g/mol. The van der Waals surface area contributed by atoms with E-state index >= 15 is 0 Å². The number of hydrogen-bond acceptors (Lipinski definition) is 4. The molecule has 1 unspecified atom stereocenters. The first kappa shape index (κ1) is 21.2. The van der Waals surface area contributed by atoms with Crippen LogP contribution in [0.25, 0.3) is 0 Å². The highest BCUT2D eigenvalue weighted by Crippen LogP contribution is 2.14. The standard InChI is InChI=1S/C21H27N3O4/c1-15(21(26)22-13-16-5-9-18(27-3)10-6-16)24(2)14-20(25)23-17-7-11-19(28-4)12-8-17/h5-12,15H,13-14H2,1-4H3,(H,22,26)(H,23,25)/p+1/t15-/m0/s1. The summed E-state index contributed by atoms with van der Waals surface area (Å²) in [5, 5.41) is 5.73. The third-order valence-electron chi connectivity index (χ3n) is 4.57. The number of hydrogen-bond donors (Lipinski definition) is 3. The second-order valence-corrected chi connectivity index (χ2v) is 6.59. The van der Waals surface area contributed by atoms with Crippen molar-refractivity contribution in [3.05, 3.63) is 54.1 Å². The van der Waals surface area contributed by atoms with Gasteiger partial charge in [-0.15, -0.1) is 0 Å². The lowest BCUT2D eigenvalue weighted by Gasteiger charge is -2.20. The maximum Gasteiger partial charge on any atom is 0.279 e. The van der Waals surface area contributed by atoms with Crippen molar-refractivity contribution in [2.24, 2.45) is 0 Å². The summed E-state index contributed by atoms with van der Waals surface area (Å²) in [4.78, 5) is 25.4. The molecule has 7 heteroatoms. The SMILES string of the molecule is COc1ccc(CNC(=O)[C@H](C)[NH+](C)CC(=O)Nc2ccc(OC)cc2)cc1. The van der Waals surface area contributed by atoms with Gasteiger partial charge in [0.25, 0.3) is 11.8 Å². The second-order valence-electron chi connectivity index (χ2n) is 6.59. The number of rotatable bonds is 9. The number of carbonyl (C=O) groups excluding carboxylic acids is 2. The van der Waals surface area contributed by atoms with Gasteiger partial charge in [-0.2, -0.15) is 0 Å². The molecule has 0 aromatic heterocycles. The van der Waals surface area contributed by atoms with Crippen LogP contribution in [-0.2, 0) is 16.1 Å². The summed E-state index contributed by atoms with van der Waals surface area (Å²) in [7, 11) is 5.03. The first-order chi connectivity index (χ1) is 13.4. The lowest BCUT2D eigenvalue weighted by atomic mass is 10.2. The predicted octanol–water partition coefficient (Wildman–Crippen LogP) is 0.862. The molecule has 7 nitrogen and oxygen atoms in total. The molecule has 0 saturated heterocycles. The Morgan fingerprint density at radius 2 is 1.50 bits per heavy atom. The molecule has 0 fully saturated rings. The van der Waals surface area contributed by atoms with Crippen LogP contribution in [-0.4, -0.2) is 45.7 Å². The number of likely N-dealkylation sites (N-methyl/N-ethyl adjacent to an activating group) is 1. The Labute approximate surface area is 165 Å². The Kier molecular flexibility index (Phi) is 7.83. The molecule has 0 saturated carbocycles. The molecule has 0 radical (unpaired) electrons. The van der Waals surface area contributed by atoms with Gasteiger partial charge in [-0.25, -0.2) is 0 Å². The highest BCUT2D eigenvalue weighted by Gasteiger charge is 2.23. The van der Waals surface area contributed by atoms with Crippen LogP contribution in [0.4, 0.5) is 5.69 Å². The lowest BCUT2D eigenvalue weighted by molar-refractivity contribution is -0.885. The average molecular weight is 386 g/mol. The number of carbonyl (C=O) groups is 2. The molecule has 2 amide bonds. The quantitative estimate of drug-likeness (QED) is 0.597. The summed E-state index contributed by atoms with van der Waals surface area (Å²) in [6, 6.07) is 14.3. The zero-order valence-electron chi connectivity index (χ0n) is 16.7. The highest BCUT2D eigenvalue weighted by atomic mass is 16.5. The van der Waals surface area contributed by atoms with E-state index in [-0.39, 0.29) is 24.4 Å². The van der Waals surface area contributed by atoms with Gasteiger partial charge in [0, 0.05) is 12.2 Å². The number of methoxy groups -OCH3 is 2. The minimum absolute atomic E-state index is 0.106. The van der Waals surface area contributed by atoms with Crippen molar-refractivity contribution in [3.63, 3.8) is 0 Å². The van der Waals surface area contributed by atoms with Crippen LogP contribution in [0.3, 0.4) is 0 Å². The van der Waals surface area contributed by atoms with Gasteiger partial charge >= 0.3 is 0 Å². The number of anilines is 1. The molecule has 0 aliphatic rings. The fraction of sp³-hybridized carbons (Fsp3) is 0.333. The van der Waals surface area contributed by atoms with E-state index in [1.807, 2.05) is 31.3 Å². The van der Waals surface area contributed by atoms with Crippen molar-refractivity contribution in [3.8, 4) is 11.5 Å². The van der Waals surface area contributed by atoms with Gasteiger partial charge in [-0.1, -0.05) is 12.1 Å². The van der Waals surface area contributed by atoms with Gasteiger partial charge in [-0.05, 0) is 48.9 Å². The van der Waals surface area contributed by atoms with E-state index in [4.69, 9.17) is 9.47 Å². The molecule has 150 valence electrons. The van der Waals surface area contributed by atoms with E-state index in [2.05, 4.69) is 10.6 Å². The highest BCUT2D eigenvalue weighted by molar-refractivity contribution is 5.91. The fourth-order valence-electron chi connectivity index (χ4n) is 2.60. The van der Waals surface area contributed by atoms with Crippen LogP contribution in [0.5, 0.6) is 11.5 Å². The van der Waals surface area contributed by atoms with E-state index in [0.717, 1.165) is 22.0 Å². The fourth-order valence-corrected chi connectivity index (χ4v) is 2.60. The summed E-state index contributed by atoms with van der Waals surface area (Å²) in [6.45, 7) is 2.42. The molecule has 2 atom stereocenters. The summed E-state index contributed by atoms with van der Waals surface area (Å²) < 4.78 is 10.2. The topological polar surface area (TPSA) is 81.1 Å². The van der Waals surface area contributed by atoms with Crippen LogP contribution in [0.1, 0.15) is 12.5 Å². The van der Waals surface area contributed by atoms with Gasteiger partial charge in [0.2, 0.25) is 0 Å². The maximum atomic E-state index is 12.4. The Morgan fingerprint density at radius 3 is 2.04 bits per heavy atom. The largest absolute Gasteiger partial charge is 0.497 e. The molecule has 0 aliphatic heterocycles. The Hall–Kier alpha value is -3.06. The van der Waals surface area contributed by atoms with Crippen molar-refractivity contribution in [1.29, 1.82) is 0 Å². The van der Waals surface area contributed by atoms with Gasteiger partial charge < -0.3 is 25.0 Å². The molecule has 0 bridgehead atoms. The van der Waals surface area contributed by atoms with Gasteiger partial charge in [-0.3, -0.25) is 9.59 Å². The molecule has 2 aromatic carbocycles. The van der Waals surface area contributed by atoms with Crippen LogP contribution in [0.2, 0.25) is 0 Å². The number of ether oxygens (including phenoxy) is 2. The van der Waals surface area contributed by atoms with Crippen molar-refractivity contribution in [1.82, 2.24) is 5.32 Å². The second kappa shape index (κ2) is 10.3. The molecule has 0 spiro atoms. The zero-order chi connectivity index (χ0) is 20.5. The van der Waals surface area contributed by atoms with E-state index in [1.54, 1.807) is 45.4 Å². The summed E-state index contributed by atoms with van der Waals surface area (Å²) in [5.74, 6) is 1.24. The molecular formula is C21H28N3O4+. The third kappa shape index (κ3) is 6.28. The number of nitrogens with one attached hydrogen (secondary N) is 3. The Morgan fingerprint density at radius 1 is 0.964 bits per heavy atom. The van der Waals surface area contributed by atoms with E-state index < -0.39 is 0 Å². The van der Waals surface area contributed by atoms with E-state index in [9.17, 15) is 9.59 Å². The first-order valence-corrected chi connectivity index (χ1v) is 9.09. The van der Waals surface area contributed by atoms with Crippen LogP contribution >= 0.6 is 0 Å². The van der Waals surface area contributed by atoms with Gasteiger partial charge in [0.1, 0.15) is 11.5 Å². The first-order valence-electron chi connectivity index (χ1n) is 9.09. The van der Waals surface area contributed by atoms with Crippen LogP contribution in [0.15, 0.2) is 48.5 Å². The minimum atomic E-state index is -0.361. The Balaban J connectivity index is 1.79. The molecule has 28 heavy (non-hydrogen) atoms. The lowest BCUT2D eigenvalue weighted by Crippen LogP contribution is -3.15. The normalized spacial score (nSPS) is 12.6. The molecule has 0 aliphatic carbocycles. The Bertz CT molecular complexity index is 775. The number of benzene rings is 2. The third-order valence-corrected chi connectivity index (χ3v) is 4.57. The summed E-state index contributed by atoms with van der Waals surface area (Å²) >= 11 is 0. The van der Waals surface area contributed by atoms with Crippen molar-refractivity contribution < 1.29 is 24.0 Å². The van der Waals surface area contributed by atoms with Crippen molar-refractivity contribution in [2.45, 2.75) is 19.5 Å². The molecule has 2 aromatic rings. The van der Waals surface area contributed by atoms with Crippen molar-refractivity contribution in [2.75, 3.05) is 33.1 Å². The van der Waals surface area contributed by atoms with E-state index in [1.165, 1.54) is 0 Å². The molecule has 3 N–H and O–H groups in total. The predicted molar refractivity (Wildman–Crippen MR) is 108 cm³/mol. The molecule has 2 rings (SSSR count). The molecular weight excluding hydrogens is 358 g/mol. The minimum Gasteiger partial charge on any atom is -0.497 e. The molecule has 0 heterocycles. The summed E-state index contributed by atoms with van der Waals surface area (Å²) in [5.41, 5.74) is 1.67. The smallest absolute Gasteiger partial charge is 0.279 e. The number of amides is 2. The van der Waals surface area contributed by atoms with Crippen LogP contribution < -0.4 is 25.0 Å². The number of quaternary nitrogens is 1. The van der Waals surface area contributed by atoms with Gasteiger partial charge in [0.05, 0.1) is 21.3 Å². The van der Waals surface area contributed by atoms with Crippen LogP contribution in [0, 0.1) is 0 Å². The van der Waals surface area contributed by atoms with E-state index in [0.29, 0.717) is 12.2 Å². The average Bonchev–Trinajstić information content (AvgIpc) is 2.72. The maximum absolute atomic E-state index is 12.4.